The number of likely N-dealkylation sites (tertiary alicyclic amines) is 1. The number of rotatable bonds is 2. The van der Waals surface area contributed by atoms with Crippen molar-refractivity contribution in [2.75, 3.05) is 25.9 Å². The SMILES string of the molecule is COC1CN(C(=O)c2ccccc2N)CCC1C.Cl. The van der Waals surface area contributed by atoms with E-state index in [1.54, 1.807) is 19.2 Å². The lowest BCUT2D eigenvalue weighted by Gasteiger charge is -2.36. The average molecular weight is 285 g/mol. The van der Waals surface area contributed by atoms with Gasteiger partial charge >= 0.3 is 0 Å². The largest absolute Gasteiger partial charge is 0.398 e. The second-order valence-corrected chi connectivity index (χ2v) is 4.88. The quantitative estimate of drug-likeness (QED) is 0.847. The van der Waals surface area contributed by atoms with E-state index in [-0.39, 0.29) is 24.4 Å². The van der Waals surface area contributed by atoms with Gasteiger partial charge in [0.15, 0.2) is 0 Å². The number of ether oxygens (including phenoxy) is 1. The number of carbonyl (C=O) groups excluding carboxylic acids is 1. The molecule has 2 atom stereocenters. The van der Waals surface area contributed by atoms with Crippen LogP contribution in [0.2, 0.25) is 0 Å². The van der Waals surface area contributed by atoms with Crippen molar-refractivity contribution in [1.82, 2.24) is 4.90 Å². The predicted molar refractivity (Wildman–Crippen MR) is 78.6 cm³/mol. The van der Waals surface area contributed by atoms with E-state index in [4.69, 9.17) is 10.5 Å². The van der Waals surface area contributed by atoms with Crippen LogP contribution in [0, 0.1) is 5.92 Å². The van der Waals surface area contributed by atoms with Gasteiger partial charge in [-0.2, -0.15) is 0 Å². The second-order valence-electron chi connectivity index (χ2n) is 4.88. The molecule has 1 aliphatic rings. The monoisotopic (exact) mass is 284 g/mol. The van der Waals surface area contributed by atoms with Crippen LogP contribution >= 0.6 is 12.4 Å². The third-order valence-corrected chi connectivity index (χ3v) is 3.67. The van der Waals surface area contributed by atoms with Crippen LogP contribution in [0.4, 0.5) is 5.69 Å². The molecule has 1 aromatic rings. The Labute approximate surface area is 120 Å². The molecule has 0 bridgehead atoms. The van der Waals surface area contributed by atoms with Crippen molar-refractivity contribution in [3.8, 4) is 0 Å². The standard InChI is InChI=1S/C14H20N2O2.ClH/c1-10-7-8-16(9-13(10)18-2)14(17)11-5-3-4-6-12(11)15;/h3-6,10,13H,7-9,15H2,1-2H3;1H. The van der Waals surface area contributed by atoms with E-state index in [0.29, 0.717) is 23.7 Å². The van der Waals surface area contributed by atoms with E-state index in [9.17, 15) is 4.79 Å². The molecule has 2 N–H and O–H groups in total. The highest BCUT2D eigenvalue weighted by Gasteiger charge is 2.29. The van der Waals surface area contributed by atoms with Crippen molar-refractivity contribution in [3.63, 3.8) is 0 Å². The highest BCUT2D eigenvalue weighted by molar-refractivity contribution is 5.99. The van der Waals surface area contributed by atoms with Crippen molar-refractivity contribution in [2.24, 2.45) is 5.92 Å². The molecule has 1 aromatic carbocycles. The van der Waals surface area contributed by atoms with Crippen molar-refractivity contribution >= 4 is 24.0 Å². The lowest BCUT2D eigenvalue weighted by molar-refractivity contribution is -0.00152. The normalized spacial score (nSPS) is 22.7. The number of benzene rings is 1. The zero-order valence-corrected chi connectivity index (χ0v) is 12.2. The fraction of sp³-hybridized carbons (Fsp3) is 0.500. The van der Waals surface area contributed by atoms with Crippen LogP contribution in [0.3, 0.4) is 0 Å². The van der Waals surface area contributed by atoms with E-state index in [0.717, 1.165) is 13.0 Å². The highest BCUT2D eigenvalue weighted by atomic mass is 35.5. The molecule has 1 amide bonds. The van der Waals surface area contributed by atoms with E-state index < -0.39 is 0 Å². The Kier molecular flexibility index (Phi) is 5.63. The Bertz CT molecular complexity index is 439. The van der Waals surface area contributed by atoms with E-state index in [1.807, 2.05) is 17.0 Å². The zero-order chi connectivity index (χ0) is 13.1. The minimum Gasteiger partial charge on any atom is -0.398 e. The molecule has 1 heterocycles. The molecule has 0 aromatic heterocycles. The molecule has 0 aliphatic carbocycles. The summed E-state index contributed by atoms with van der Waals surface area (Å²) in [5.74, 6) is 0.495. The van der Waals surface area contributed by atoms with Crippen LogP contribution < -0.4 is 5.73 Å². The molecule has 1 fully saturated rings. The number of amides is 1. The molecule has 0 radical (unpaired) electrons. The Morgan fingerprint density at radius 3 is 2.74 bits per heavy atom. The smallest absolute Gasteiger partial charge is 0.256 e. The van der Waals surface area contributed by atoms with Gasteiger partial charge in [0.1, 0.15) is 0 Å². The van der Waals surface area contributed by atoms with Gasteiger partial charge in [0.25, 0.3) is 5.91 Å². The molecular weight excluding hydrogens is 264 g/mol. The maximum Gasteiger partial charge on any atom is 0.256 e. The third kappa shape index (κ3) is 3.39. The number of hydrogen-bond donors (Lipinski definition) is 1. The lowest BCUT2D eigenvalue weighted by atomic mass is 9.95. The van der Waals surface area contributed by atoms with Gasteiger partial charge in [0, 0.05) is 25.9 Å². The van der Waals surface area contributed by atoms with Gasteiger partial charge in [-0.05, 0) is 24.5 Å². The van der Waals surface area contributed by atoms with E-state index in [2.05, 4.69) is 6.92 Å². The first-order chi connectivity index (χ1) is 8.63. The summed E-state index contributed by atoms with van der Waals surface area (Å²) in [6.45, 7) is 3.58. The van der Waals surface area contributed by atoms with Crippen LogP contribution in [0.15, 0.2) is 24.3 Å². The van der Waals surface area contributed by atoms with Crippen molar-refractivity contribution < 1.29 is 9.53 Å². The molecule has 0 saturated carbocycles. The Morgan fingerprint density at radius 2 is 2.11 bits per heavy atom. The number of para-hydroxylation sites is 1. The number of halogens is 1. The van der Waals surface area contributed by atoms with Crippen molar-refractivity contribution in [2.45, 2.75) is 19.4 Å². The first-order valence-electron chi connectivity index (χ1n) is 6.30. The maximum atomic E-state index is 12.4. The van der Waals surface area contributed by atoms with Crippen molar-refractivity contribution in [3.05, 3.63) is 29.8 Å². The van der Waals surface area contributed by atoms with E-state index >= 15 is 0 Å². The van der Waals surface area contributed by atoms with Crippen LogP contribution in [-0.2, 0) is 4.74 Å². The fourth-order valence-electron chi connectivity index (χ4n) is 2.39. The molecular formula is C14H21ClN2O2. The van der Waals surface area contributed by atoms with E-state index in [1.165, 1.54) is 0 Å². The van der Waals surface area contributed by atoms with Crippen LogP contribution in [0.25, 0.3) is 0 Å². The van der Waals surface area contributed by atoms with Crippen molar-refractivity contribution in [1.29, 1.82) is 0 Å². The number of nitrogen functional groups attached to an aromatic ring is 1. The fourth-order valence-corrected chi connectivity index (χ4v) is 2.39. The Hall–Kier alpha value is -1.26. The summed E-state index contributed by atoms with van der Waals surface area (Å²) in [4.78, 5) is 14.2. The number of piperidine rings is 1. The minimum atomic E-state index is 0. The highest BCUT2D eigenvalue weighted by Crippen LogP contribution is 2.22. The third-order valence-electron chi connectivity index (χ3n) is 3.67. The van der Waals surface area contributed by atoms with Gasteiger partial charge < -0.3 is 15.4 Å². The number of anilines is 1. The summed E-state index contributed by atoms with van der Waals surface area (Å²) in [5, 5.41) is 0. The summed E-state index contributed by atoms with van der Waals surface area (Å²) in [5.41, 5.74) is 6.97. The topological polar surface area (TPSA) is 55.6 Å². The van der Waals surface area contributed by atoms with Crippen LogP contribution in [0.5, 0.6) is 0 Å². The molecule has 4 nitrogen and oxygen atoms in total. The lowest BCUT2D eigenvalue weighted by Crippen LogP contribution is -2.46. The number of hydrogen-bond acceptors (Lipinski definition) is 3. The molecule has 1 saturated heterocycles. The summed E-state index contributed by atoms with van der Waals surface area (Å²) >= 11 is 0. The van der Waals surface area contributed by atoms with Gasteiger partial charge in [-0.15, -0.1) is 12.4 Å². The zero-order valence-electron chi connectivity index (χ0n) is 11.3. The second kappa shape index (κ2) is 6.78. The van der Waals surface area contributed by atoms with Gasteiger partial charge in [-0.1, -0.05) is 19.1 Å². The Balaban J connectivity index is 0.00000180. The molecule has 1 aliphatic heterocycles. The van der Waals surface area contributed by atoms with Gasteiger partial charge in [-0.3, -0.25) is 4.79 Å². The predicted octanol–water partition coefficient (Wildman–Crippen LogP) is 2.19. The minimum absolute atomic E-state index is 0. The maximum absolute atomic E-state index is 12.4. The number of carbonyl (C=O) groups is 1. The first-order valence-corrected chi connectivity index (χ1v) is 6.30. The number of methoxy groups -OCH3 is 1. The molecule has 19 heavy (non-hydrogen) atoms. The molecule has 0 spiro atoms. The molecule has 106 valence electrons. The molecule has 5 heteroatoms. The molecule has 2 unspecified atom stereocenters. The molecule has 2 rings (SSSR count). The van der Waals surface area contributed by atoms with Crippen LogP contribution in [-0.4, -0.2) is 37.1 Å². The summed E-state index contributed by atoms with van der Waals surface area (Å²) in [7, 11) is 1.70. The average Bonchev–Trinajstić information content (AvgIpc) is 2.39. The van der Waals surface area contributed by atoms with Gasteiger partial charge in [0.2, 0.25) is 0 Å². The summed E-state index contributed by atoms with van der Waals surface area (Å²) < 4.78 is 5.42. The van der Waals surface area contributed by atoms with Gasteiger partial charge in [-0.25, -0.2) is 0 Å². The first kappa shape index (κ1) is 15.8. The summed E-state index contributed by atoms with van der Waals surface area (Å²) in [6.07, 6.45) is 1.09. The number of nitrogens with zero attached hydrogens (tertiary/aromatic N) is 1. The summed E-state index contributed by atoms with van der Waals surface area (Å²) in [6, 6.07) is 7.21. The van der Waals surface area contributed by atoms with Crippen LogP contribution in [0.1, 0.15) is 23.7 Å². The van der Waals surface area contributed by atoms with Gasteiger partial charge in [0.05, 0.1) is 11.7 Å². The number of nitrogens with two attached hydrogens (primary N) is 1. The Morgan fingerprint density at radius 1 is 1.42 bits per heavy atom.